The van der Waals surface area contributed by atoms with Crippen LogP contribution in [0.15, 0.2) is 0 Å². The van der Waals surface area contributed by atoms with Gasteiger partial charge in [0.25, 0.3) is 6.29 Å². The van der Waals surface area contributed by atoms with Gasteiger partial charge in [0, 0.05) is 0 Å². The Morgan fingerprint density at radius 1 is 1.12 bits per heavy atom. The Morgan fingerprint density at radius 2 is 1.41 bits per heavy atom. The Kier molecular flexibility index (Phi) is 20.9. The zero-order valence-electron chi connectivity index (χ0n) is 12.1. The summed E-state index contributed by atoms with van der Waals surface area (Å²) in [4.78, 5) is 10.5. The Labute approximate surface area is 117 Å². The van der Waals surface area contributed by atoms with Crippen LogP contribution in [0.25, 0.3) is 0 Å². The molecule has 0 unspecified atom stereocenters. The molecule has 0 bridgehead atoms. The number of rotatable bonds is 7. The summed E-state index contributed by atoms with van der Waals surface area (Å²) in [5.74, 6) is 0.358. The summed E-state index contributed by atoms with van der Waals surface area (Å²) in [6.45, 7) is 10.9. The number of hydrogen-bond acceptors (Lipinski definition) is 3. The van der Waals surface area contributed by atoms with Crippen molar-refractivity contribution >= 4 is 5.97 Å². The third kappa shape index (κ3) is 21.8. The Balaban J connectivity index is -0.000000340. The summed E-state index contributed by atoms with van der Waals surface area (Å²) in [5, 5.41) is 8.58. The molecule has 0 aromatic rings. The molecule has 0 saturated heterocycles. The number of carboxylic acids is 1. The molecule has 0 rings (SSSR count). The van der Waals surface area contributed by atoms with Crippen molar-refractivity contribution in [1.29, 1.82) is 0 Å². The van der Waals surface area contributed by atoms with Crippen molar-refractivity contribution in [3.63, 3.8) is 0 Å². The molecule has 0 spiro atoms. The van der Waals surface area contributed by atoms with E-state index < -0.39 is 12.3 Å². The van der Waals surface area contributed by atoms with Gasteiger partial charge in [-0.15, -0.1) is 0 Å². The van der Waals surface area contributed by atoms with Crippen LogP contribution in [-0.2, 0) is 14.3 Å². The molecule has 0 atom stereocenters. The normalized spacial score (nSPS) is 9.59. The van der Waals surface area contributed by atoms with Crippen LogP contribution in [0.4, 0.5) is 0 Å². The molecular formula is C12H25LiO4. The fraction of sp³-hybridized carbons (Fsp3) is 0.833. The van der Waals surface area contributed by atoms with E-state index in [0.717, 1.165) is 12.8 Å². The second-order valence-corrected chi connectivity index (χ2v) is 3.91. The van der Waals surface area contributed by atoms with Crippen molar-refractivity contribution in [2.45, 2.75) is 53.8 Å². The van der Waals surface area contributed by atoms with Gasteiger partial charge in [0.15, 0.2) is 0 Å². The summed E-state index contributed by atoms with van der Waals surface area (Å²) in [5.41, 5.74) is 0. The monoisotopic (exact) mass is 240 g/mol. The van der Waals surface area contributed by atoms with E-state index in [9.17, 15) is 4.79 Å². The number of carboxylic acid groups (broad SMARTS) is 1. The molecular weight excluding hydrogens is 215 g/mol. The van der Waals surface area contributed by atoms with Crippen LogP contribution in [0.2, 0.25) is 0 Å². The zero-order chi connectivity index (χ0) is 13.0. The molecule has 17 heavy (non-hydrogen) atoms. The van der Waals surface area contributed by atoms with Crippen LogP contribution < -0.4 is 18.9 Å². The van der Waals surface area contributed by atoms with Crippen molar-refractivity contribution in [3.8, 4) is 0 Å². The third-order valence-corrected chi connectivity index (χ3v) is 1.15. The first-order chi connectivity index (χ1) is 7.45. The number of hydrogen-bond donors (Lipinski definition) is 1. The predicted octanol–water partition coefficient (Wildman–Crippen LogP) is -0.125. The number of ether oxygens (including phenoxy) is 2. The molecule has 0 aliphatic rings. The van der Waals surface area contributed by atoms with E-state index in [2.05, 4.69) is 20.8 Å². The average molecular weight is 240 g/mol. The minimum atomic E-state index is -1.09. The van der Waals surface area contributed by atoms with E-state index in [4.69, 9.17) is 14.6 Å². The summed E-state index contributed by atoms with van der Waals surface area (Å²) in [7, 11) is 0. The largest absolute Gasteiger partial charge is 1.00 e. The van der Waals surface area contributed by atoms with E-state index >= 15 is 0 Å². The predicted molar refractivity (Wildman–Crippen MR) is 64.2 cm³/mol. The maximum absolute atomic E-state index is 10.5. The summed E-state index contributed by atoms with van der Waals surface area (Å²) < 4.78 is 9.87. The van der Waals surface area contributed by atoms with Crippen molar-refractivity contribution in [2.75, 3.05) is 13.2 Å². The summed E-state index contributed by atoms with van der Waals surface area (Å²) >= 11 is 0. The maximum Gasteiger partial charge on any atom is 1.00 e. The molecule has 5 heteroatoms. The van der Waals surface area contributed by atoms with Crippen molar-refractivity contribution in [3.05, 3.63) is 5.92 Å². The molecule has 0 aromatic carbocycles. The molecule has 0 radical (unpaired) electrons. The summed E-state index contributed by atoms with van der Waals surface area (Å²) in [6, 6.07) is 0. The van der Waals surface area contributed by atoms with Crippen LogP contribution in [0.1, 0.15) is 47.5 Å². The van der Waals surface area contributed by atoms with Crippen molar-refractivity contribution in [2.24, 2.45) is 0 Å². The molecule has 0 saturated carbocycles. The van der Waals surface area contributed by atoms with Gasteiger partial charge in [-0.25, -0.2) is 4.79 Å². The smallest absolute Gasteiger partial charge is 0.477 e. The minimum Gasteiger partial charge on any atom is -0.477 e. The van der Waals surface area contributed by atoms with E-state index in [1.807, 2.05) is 13.8 Å². The Hall–Kier alpha value is -0.0126. The van der Waals surface area contributed by atoms with Crippen LogP contribution in [0, 0.1) is 5.92 Å². The van der Waals surface area contributed by atoms with Crippen LogP contribution in [0.5, 0.6) is 0 Å². The zero-order valence-corrected chi connectivity index (χ0v) is 12.1. The van der Waals surface area contributed by atoms with E-state index in [1.165, 1.54) is 5.92 Å². The fourth-order valence-electron chi connectivity index (χ4n) is 0.640. The molecule has 98 valence electrons. The van der Waals surface area contributed by atoms with E-state index in [0.29, 0.717) is 13.2 Å². The Bertz CT molecular complexity index is 152. The molecule has 0 fully saturated rings. The van der Waals surface area contributed by atoms with Gasteiger partial charge in [0.2, 0.25) is 0 Å². The Morgan fingerprint density at radius 3 is 1.59 bits per heavy atom. The van der Waals surface area contributed by atoms with E-state index in [1.54, 1.807) is 0 Å². The van der Waals surface area contributed by atoms with E-state index in [-0.39, 0.29) is 18.9 Å². The molecule has 1 N–H and O–H groups in total. The van der Waals surface area contributed by atoms with Crippen LogP contribution in [-0.4, -0.2) is 30.6 Å². The average Bonchev–Trinajstić information content (AvgIpc) is 2.16. The number of carbonyl (C=O) groups is 1. The first-order valence-electron chi connectivity index (χ1n) is 5.68. The van der Waals surface area contributed by atoms with Crippen molar-refractivity contribution in [1.82, 2.24) is 0 Å². The van der Waals surface area contributed by atoms with Gasteiger partial charge in [-0.05, 0) is 12.8 Å². The first kappa shape index (κ1) is 22.2. The third-order valence-electron chi connectivity index (χ3n) is 1.15. The van der Waals surface area contributed by atoms with Gasteiger partial charge < -0.3 is 20.5 Å². The van der Waals surface area contributed by atoms with Crippen LogP contribution >= 0.6 is 0 Å². The first-order valence-corrected chi connectivity index (χ1v) is 5.68. The van der Waals surface area contributed by atoms with Gasteiger partial charge in [0.05, 0.1) is 13.2 Å². The number of aliphatic carboxylic acids is 1. The topological polar surface area (TPSA) is 55.8 Å². The molecule has 0 heterocycles. The fourth-order valence-corrected chi connectivity index (χ4v) is 0.640. The second-order valence-electron chi connectivity index (χ2n) is 3.91. The van der Waals surface area contributed by atoms with Crippen LogP contribution in [0.3, 0.4) is 0 Å². The molecule has 0 aliphatic heterocycles. The van der Waals surface area contributed by atoms with Crippen molar-refractivity contribution < 1.29 is 38.2 Å². The molecule has 0 amide bonds. The van der Waals surface area contributed by atoms with Gasteiger partial charge in [-0.1, -0.05) is 13.8 Å². The standard InChI is InChI=1S/C8H16O4.C4H9.Li/c1-3-5-11-8(7(9)10)12-6-4-2;1-4(2)3;/h8H,3-6H2,1-2H3,(H,9,10);1-3H3;/q;-1;+1. The quantitative estimate of drug-likeness (QED) is 0.383. The van der Waals surface area contributed by atoms with Gasteiger partial charge in [0.1, 0.15) is 0 Å². The van der Waals surface area contributed by atoms with Gasteiger partial charge in [-0.3, -0.25) is 0 Å². The van der Waals surface area contributed by atoms with Gasteiger partial charge in [-0.2, -0.15) is 20.8 Å². The molecule has 0 aliphatic carbocycles. The molecule has 0 aromatic heterocycles. The minimum absolute atomic E-state index is 0. The van der Waals surface area contributed by atoms with Gasteiger partial charge >= 0.3 is 24.8 Å². The SMILES string of the molecule is CCCOC(OCCC)C(=O)O.C[C-](C)C.[Li+]. The summed E-state index contributed by atoms with van der Waals surface area (Å²) in [6.07, 6.45) is 0.489. The second kappa shape index (κ2) is 16.0. The molecule has 4 nitrogen and oxygen atoms in total. The maximum atomic E-state index is 10.5.